The van der Waals surface area contributed by atoms with Crippen molar-refractivity contribution in [1.82, 2.24) is 15.2 Å². The van der Waals surface area contributed by atoms with E-state index in [0.29, 0.717) is 26.1 Å². The summed E-state index contributed by atoms with van der Waals surface area (Å²) in [6.07, 6.45) is 2.22. The minimum atomic E-state index is -0.00292. The topological polar surface area (TPSA) is 63.1 Å². The van der Waals surface area contributed by atoms with Crippen molar-refractivity contribution in [3.8, 4) is 0 Å². The van der Waals surface area contributed by atoms with Crippen LogP contribution in [0.4, 0.5) is 0 Å². The molecule has 2 N–H and O–H groups in total. The van der Waals surface area contributed by atoms with Crippen molar-refractivity contribution in [1.29, 1.82) is 0 Å². The van der Waals surface area contributed by atoms with Crippen LogP contribution in [0.15, 0.2) is 29.2 Å². The lowest BCUT2D eigenvalue weighted by molar-refractivity contribution is -0.121. The van der Waals surface area contributed by atoms with E-state index in [0.717, 1.165) is 0 Å². The van der Waals surface area contributed by atoms with E-state index in [1.807, 2.05) is 19.9 Å². The van der Waals surface area contributed by atoms with Crippen LogP contribution >= 0.6 is 0 Å². The zero-order valence-electron chi connectivity index (χ0n) is 11.0. The molecule has 1 aromatic rings. The van der Waals surface area contributed by atoms with E-state index in [-0.39, 0.29) is 17.5 Å². The van der Waals surface area contributed by atoms with Gasteiger partial charge >= 0.3 is 0 Å². The predicted molar refractivity (Wildman–Crippen MR) is 71.5 cm³/mol. The first-order valence-electron chi connectivity index (χ1n) is 6.25. The molecule has 0 saturated heterocycles. The van der Waals surface area contributed by atoms with E-state index in [1.165, 1.54) is 6.07 Å². The lowest BCUT2D eigenvalue weighted by Crippen LogP contribution is -2.33. The second-order valence-corrected chi connectivity index (χ2v) is 4.45. The van der Waals surface area contributed by atoms with E-state index < -0.39 is 0 Å². The first kappa shape index (κ1) is 14.4. The SMILES string of the molecule is CC(C)NC(=O)CCNCCn1ccccc1=O. The van der Waals surface area contributed by atoms with Gasteiger partial charge in [0, 0.05) is 44.4 Å². The van der Waals surface area contributed by atoms with E-state index in [9.17, 15) is 9.59 Å². The van der Waals surface area contributed by atoms with Crippen LogP contribution in [-0.2, 0) is 11.3 Å². The third kappa shape index (κ3) is 5.63. The standard InChI is InChI=1S/C13H21N3O2/c1-11(2)15-12(17)6-7-14-8-10-16-9-4-3-5-13(16)18/h3-5,9,11,14H,6-8,10H2,1-2H3,(H,15,17). The molecule has 5 nitrogen and oxygen atoms in total. The van der Waals surface area contributed by atoms with Crippen molar-refractivity contribution >= 4 is 5.91 Å². The number of hydrogen-bond donors (Lipinski definition) is 2. The van der Waals surface area contributed by atoms with Crippen LogP contribution < -0.4 is 16.2 Å². The minimum Gasteiger partial charge on any atom is -0.354 e. The number of amides is 1. The Labute approximate surface area is 107 Å². The van der Waals surface area contributed by atoms with Gasteiger partial charge in [-0.15, -0.1) is 0 Å². The molecule has 18 heavy (non-hydrogen) atoms. The summed E-state index contributed by atoms with van der Waals surface area (Å²) in [4.78, 5) is 22.7. The number of carbonyl (C=O) groups excluding carboxylic acids is 1. The van der Waals surface area contributed by atoms with Crippen molar-refractivity contribution < 1.29 is 4.79 Å². The summed E-state index contributed by atoms with van der Waals surface area (Å²) in [5, 5.41) is 5.97. The fourth-order valence-corrected chi connectivity index (χ4v) is 1.57. The van der Waals surface area contributed by atoms with E-state index in [2.05, 4.69) is 10.6 Å². The third-order valence-electron chi connectivity index (χ3n) is 2.41. The number of carbonyl (C=O) groups is 1. The average Bonchev–Trinajstić information content (AvgIpc) is 2.30. The van der Waals surface area contributed by atoms with Gasteiger partial charge in [0.2, 0.25) is 5.91 Å². The number of nitrogens with one attached hydrogen (secondary N) is 2. The molecule has 1 amide bonds. The molecule has 1 aromatic heterocycles. The van der Waals surface area contributed by atoms with Crippen LogP contribution in [0, 0.1) is 0 Å². The maximum absolute atomic E-state index is 11.4. The van der Waals surface area contributed by atoms with Crippen molar-refractivity contribution in [2.75, 3.05) is 13.1 Å². The van der Waals surface area contributed by atoms with Gasteiger partial charge < -0.3 is 15.2 Å². The van der Waals surface area contributed by atoms with Gasteiger partial charge in [0.1, 0.15) is 0 Å². The number of hydrogen-bond acceptors (Lipinski definition) is 3. The van der Waals surface area contributed by atoms with Gasteiger partial charge in [-0.3, -0.25) is 9.59 Å². The Kier molecular flexibility index (Phi) is 6.14. The Balaban J connectivity index is 2.14. The summed E-state index contributed by atoms with van der Waals surface area (Å²) in [5.74, 6) is 0.0504. The zero-order chi connectivity index (χ0) is 13.4. The van der Waals surface area contributed by atoms with Gasteiger partial charge in [0.05, 0.1) is 0 Å². The van der Waals surface area contributed by atoms with E-state index >= 15 is 0 Å². The average molecular weight is 251 g/mol. The first-order chi connectivity index (χ1) is 8.59. The molecule has 1 rings (SSSR count). The van der Waals surface area contributed by atoms with Gasteiger partial charge in [-0.05, 0) is 19.9 Å². The molecule has 0 radical (unpaired) electrons. The highest BCUT2D eigenvalue weighted by Gasteiger charge is 2.01. The maximum atomic E-state index is 11.4. The van der Waals surface area contributed by atoms with Crippen LogP contribution in [-0.4, -0.2) is 29.6 Å². The Morgan fingerprint density at radius 2 is 2.11 bits per heavy atom. The summed E-state index contributed by atoms with van der Waals surface area (Å²) < 4.78 is 1.64. The quantitative estimate of drug-likeness (QED) is 0.687. The fraction of sp³-hybridized carbons (Fsp3) is 0.538. The van der Waals surface area contributed by atoms with Crippen LogP contribution in [0.2, 0.25) is 0 Å². The maximum Gasteiger partial charge on any atom is 0.250 e. The zero-order valence-corrected chi connectivity index (χ0v) is 11.0. The van der Waals surface area contributed by atoms with Gasteiger partial charge in [-0.1, -0.05) is 6.07 Å². The van der Waals surface area contributed by atoms with E-state index in [4.69, 9.17) is 0 Å². The van der Waals surface area contributed by atoms with Crippen molar-refractivity contribution in [3.63, 3.8) is 0 Å². The molecule has 100 valence electrons. The largest absolute Gasteiger partial charge is 0.354 e. The highest BCUT2D eigenvalue weighted by atomic mass is 16.1. The highest BCUT2D eigenvalue weighted by molar-refractivity contribution is 5.76. The predicted octanol–water partition coefficient (Wildman–Crippen LogP) is 0.353. The second kappa shape index (κ2) is 7.66. The van der Waals surface area contributed by atoms with Crippen LogP contribution in [0.5, 0.6) is 0 Å². The number of aromatic nitrogens is 1. The van der Waals surface area contributed by atoms with Gasteiger partial charge in [-0.2, -0.15) is 0 Å². The molecule has 0 aromatic carbocycles. The monoisotopic (exact) mass is 251 g/mol. The first-order valence-corrected chi connectivity index (χ1v) is 6.25. The molecular weight excluding hydrogens is 230 g/mol. The molecule has 1 heterocycles. The fourth-order valence-electron chi connectivity index (χ4n) is 1.57. The molecule has 0 unspecified atom stereocenters. The van der Waals surface area contributed by atoms with Gasteiger partial charge in [0.25, 0.3) is 5.56 Å². The summed E-state index contributed by atoms with van der Waals surface area (Å²) in [7, 11) is 0. The van der Waals surface area contributed by atoms with Crippen molar-refractivity contribution in [2.24, 2.45) is 0 Å². The second-order valence-electron chi connectivity index (χ2n) is 4.45. The summed E-state index contributed by atoms with van der Waals surface area (Å²) >= 11 is 0. The Morgan fingerprint density at radius 1 is 1.33 bits per heavy atom. The summed E-state index contributed by atoms with van der Waals surface area (Å²) in [5.41, 5.74) is -0.00292. The molecule has 0 fully saturated rings. The molecule has 0 spiro atoms. The lowest BCUT2D eigenvalue weighted by Gasteiger charge is -2.09. The Hall–Kier alpha value is -1.62. The van der Waals surface area contributed by atoms with E-state index in [1.54, 1.807) is 16.8 Å². The molecule has 0 bridgehead atoms. The lowest BCUT2D eigenvalue weighted by atomic mass is 10.3. The molecule has 0 aliphatic carbocycles. The van der Waals surface area contributed by atoms with Crippen LogP contribution in [0.25, 0.3) is 0 Å². The number of rotatable bonds is 7. The molecule has 0 aliphatic heterocycles. The normalized spacial score (nSPS) is 10.6. The highest BCUT2D eigenvalue weighted by Crippen LogP contribution is 1.84. The Morgan fingerprint density at radius 3 is 2.78 bits per heavy atom. The van der Waals surface area contributed by atoms with Gasteiger partial charge in [0.15, 0.2) is 0 Å². The summed E-state index contributed by atoms with van der Waals surface area (Å²) in [6.45, 7) is 5.80. The molecule has 0 aliphatic rings. The van der Waals surface area contributed by atoms with Crippen molar-refractivity contribution in [2.45, 2.75) is 32.9 Å². The summed E-state index contributed by atoms with van der Waals surface area (Å²) in [6, 6.07) is 5.27. The van der Waals surface area contributed by atoms with Crippen molar-refractivity contribution in [3.05, 3.63) is 34.7 Å². The Bertz CT molecular complexity index is 426. The number of nitrogens with zero attached hydrogens (tertiary/aromatic N) is 1. The van der Waals surface area contributed by atoms with Gasteiger partial charge in [-0.25, -0.2) is 0 Å². The third-order valence-corrected chi connectivity index (χ3v) is 2.41. The molecular formula is C13H21N3O2. The molecule has 5 heteroatoms. The van der Waals surface area contributed by atoms with Crippen LogP contribution in [0.1, 0.15) is 20.3 Å². The smallest absolute Gasteiger partial charge is 0.250 e. The molecule has 0 atom stereocenters. The molecule has 0 saturated carbocycles. The van der Waals surface area contributed by atoms with Crippen LogP contribution in [0.3, 0.4) is 0 Å². The minimum absolute atomic E-state index is 0.00292. The number of pyridine rings is 1.